The first-order valence-electron chi connectivity index (χ1n) is 6.51. The van der Waals surface area contributed by atoms with Crippen LogP contribution in [0.3, 0.4) is 0 Å². The number of aromatic hydroxyl groups is 1. The van der Waals surface area contributed by atoms with Crippen molar-refractivity contribution in [1.29, 1.82) is 0 Å². The number of carbonyl (C=O) groups excluding carboxylic acids is 1. The Kier molecular flexibility index (Phi) is 4.02. The molecule has 0 amide bonds. The molecule has 18 heavy (non-hydrogen) atoms. The third-order valence-electron chi connectivity index (χ3n) is 3.71. The van der Waals surface area contributed by atoms with Crippen molar-refractivity contribution in [2.24, 2.45) is 5.92 Å². The maximum atomic E-state index is 11.7. The highest BCUT2D eigenvalue weighted by atomic mass is 16.3. The molecule has 1 aliphatic carbocycles. The van der Waals surface area contributed by atoms with Crippen molar-refractivity contribution in [1.82, 2.24) is 4.90 Å². The van der Waals surface area contributed by atoms with Gasteiger partial charge >= 0.3 is 0 Å². The summed E-state index contributed by atoms with van der Waals surface area (Å²) < 4.78 is 0. The molecule has 0 radical (unpaired) electrons. The van der Waals surface area contributed by atoms with Crippen molar-refractivity contribution < 1.29 is 9.90 Å². The average Bonchev–Trinajstić information content (AvgIpc) is 2.31. The van der Waals surface area contributed by atoms with Gasteiger partial charge in [0.05, 0.1) is 0 Å². The normalized spacial score (nSPS) is 24.5. The fourth-order valence-corrected chi connectivity index (χ4v) is 2.89. The molecule has 98 valence electrons. The summed E-state index contributed by atoms with van der Waals surface area (Å²) in [5, 5.41) is 9.58. The molecule has 2 atom stereocenters. The van der Waals surface area contributed by atoms with Gasteiger partial charge in [-0.2, -0.15) is 0 Å². The molecule has 0 spiro atoms. The van der Waals surface area contributed by atoms with Crippen LogP contribution in [-0.4, -0.2) is 36.4 Å². The summed E-state index contributed by atoms with van der Waals surface area (Å²) in [6, 6.07) is 7.35. The molecular formula is C15H21NO2. The van der Waals surface area contributed by atoms with Crippen LogP contribution in [0.15, 0.2) is 24.3 Å². The lowest BCUT2D eigenvalue weighted by Crippen LogP contribution is -2.31. The number of carbonyl (C=O) groups is 1. The zero-order valence-corrected chi connectivity index (χ0v) is 11.1. The van der Waals surface area contributed by atoms with Crippen molar-refractivity contribution in [3.63, 3.8) is 0 Å². The molecule has 0 aliphatic heterocycles. The monoisotopic (exact) mass is 247 g/mol. The Bertz CT molecular complexity index is 428. The van der Waals surface area contributed by atoms with E-state index in [9.17, 15) is 9.90 Å². The second-order valence-corrected chi connectivity index (χ2v) is 5.51. The van der Waals surface area contributed by atoms with E-state index in [1.807, 2.05) is 12.1 Å². The van der Waals surface area contributed by atoms with E-state index in [0.717, 1.165) is 18.5 Å². The van der Waals surface area contributed by atoms with E-state index in [1.54, 1.807) is 12.1 Å². The van der Waals surface area contributed by atoms with Crippen LogP contribution in [0.2, 0.25) is 0 Å². The van der Waals surface area contributed by atoms with Gasteiger partial charge in [0.2, 0.25) is 0 Å². The van der Waals surface area contributed by atoms with E-state index in [4.69, 9.17) is 0 Å². The smallest absolute Gasteiger partial charge is 0.133 e. The van der Waals surface area contributed by atoms with Gasteiger partial charge in [0, 0.05) is 19.4 Å². The van der Waals surface area contributed by atoms with Crippen molar-refractivity contribution in [3.05, 3.63) is 29.8 Å². The standard InChI is InChI=1S/C15H21NO2/c1-16(2)10-12-6-7-14(18)9-15(12)11-4-3-5-13(17)8-11/h3-5,8,12,15,17H,6-7,9-10H2,1-2H3/t12-,15+/m1/s1. The Balaban J connectivity index is 2.22. The van der Waals surface area contributed by atoms with Gasteiger partial charge in [-0.05, 0) is 50.0 Å². The van der Waals surface area contributed by atoms with Crippen LogP contribution in [0.4, 0.5) is 0 Å². The maximum absolute atomic E-state index is 11.7. The largest absolute Gasteiger partial charge is 0.508 e. The quantitative estimate of drug-likeness (QED) is 0.891. The molecule has 0 unspecified atom stereocenters. The highest BCUT2D eigenvalue weighted by Gasteiger charge is 2.30. The molecule has 1 saturated carbocycles. The highest BCUT2D eigenvalue weighted by Crippen LogP contribution is 2.37. The first-order chi connectivity index (χ1) is 8.56. The molecule has 0 bridgehead atoms. The summed E-state index contributed by atoms with van der Waals surface area (Å²) >= 11 is 0. The minimum Gasteiger partial charge on any atom is -0.508 e. The summed E-state index contributed by atoms with van der Waals surface area (Å²) in [6.07, 6.45) is 2.27. The molecule has 1 aromatic carbocycles. The van der Waals surface area contributed by atoms with E-state index in [0.29, 0.717) is 24.5 Å². The van der Waals surface area contributed by atoms with Crippen LogP contribution in [-0.2, 0) is 4.79 Å². The van der Waals surface area contributed by atoms with Gasteiger partial charge < -0.3 is 10.0 Å². The average molecular weight is 247 g/mol. The Morgan fingerprint density at radius 2 is 2.17 bits per heavy atom. The zero-order chi connectivity index (χ0) is 13.1. The van der Waals surface area contributed by atoms with Crippen molar-refractivity contribution in [3.8, 4) is 5.75 Å². The van der Waals surface area contributed by atoms with Gasteiger partial charge in [-0.1, -0.05) is 12.1 Å². The highest BCUT2D eigenvalue weighted by molar-refractivity contribution is 5.80. The number of hydrogen-bond donors (Lipinski definition) is 1. The topological polar surface area (TPSA) is 40.5 Å². The zero-order valence-electron chi connectivity index (χ0n) is 11.1. The minimum atomic E-state index is 0.251. The third-order valence-corrected chi connectivity index (χ3v) is 3.71. The number of hydrogen-bond acceptors (Lipinski definition) is 3. The van der Waals surface area contributed by atoms with Crippen LogP contribution in [0.25, 0.3) is 0 Å². The third kappa shape index (κ3) is 3.10. The van der Waals surface area contributed by atoms with Gasteiger partial charge in [-0.15, -0.1) is 0 Å². The Hall–Kier alpha value is -1.35. The Morgan fingerprint density at radius 1 is 1.39 bits per heavy atom. The van der Waals surface area contributed by atoms with Crippen LogP contribution in [0.1, 0.15) is 30.7 Å². The predicted molar refractivity (Wildman–Crippen MR) is 71.7 cm³/mol. The van der Waals surface area contributed by atoms with Gasteiger partial charge in [0.15, 0.2) is 0 Å². The number of rotatable bonds is 3. The number of phenols is 1. The number of nitrogens with zero attached hydrogens (tertiary/aromatic N) is 1. The van der Waals surface area contributed by atoms with E-state index >= 15 is 0 Å². The summed E-state index contributed by atoms with van der Waals surface area (Å²) in [4.78, 5) is 13.9. The minimum absolute atomic E-state index is 0.251. The molecule has 3 nitrogen and oxygen atoms in total. The lowest BCUT2D eigenvalue weighted by Gasteiger charge is -2.33. The second kappa shape index (κ2) is 5.53. The first kappa shape index (κ1) is 13.1. The molecule has 1 fully saturated rings. The van der Waals surface area contributed by atoms with E-state index in [2.05, 4.69) is 19.0 Å². The molecule has 2 rings (SSSR count). The molecule has 0 aromatic heterocycles. The lowest BCUT2D eigenvalue weighted by molar-refractivity contribution is -0.121. The van der Waals surface area contributed by atoms with E-state index < -0.39 is 0 Å². The SMILES string of the molecule is CN(C)C[C@H]1CCC(=O)C[C@H]1c1cccc(O)c1. The summed E-state index contributed by atoms with van der Waals surface area (Å²) in [7, 11) is 4.13. The molecule has 0 heterocycles. The van der Waals surface area contributed by atoms with E-state index in [1.165, 1.54) is 0 Å². The summed E-state index contributed by atoms with van der Waals surface area (Å²) in [6.45, 7) is 0.994. The molecule has 3 heteroatoms. The molecule has 0 saturated heterocycles. The fourth-order valence-electron chi connectivity index (χ4n) is 2.89. The number of phenolic OH excluding ortho intramolecular Hbond substituents is 1. The number of ketones is 1. The van der Waals surface area contributed by atoms with Gasteiger partial charge in [-0.3, -0.25) is 4.79 Å². The Morgan fingerprint density at radius 3 is 2.83 bits per heavy atom. The van der Waals surface area contributed by atoms with Gasteiger partial charge in [-0.25, -0.2) is 0 Å². The second-order valence-electron chi connectivity index (χ2n) is 5.51. The Labute approximate surface area is 108 Å². The van der Waals surface area contributed by atoms with Crippen LogP contribution >= 0.6 is 0 Å². The number of benzene rings is 1. The van der Waals surface area contributed by atoms with Gasteiger partial charge in [0.25, 0.3) is 0 Å². The molecular weight excluding hydrogens is 226 g/mol. The fraction of sp³-hybridized carbons (Fsp3) is 0.533. The molecule has 1 N–H and O–H groups in total. The van der Waals surface area contributed by atoms with E-state index in [-0.39, 0.29) is 11.7 Å². The summed E-state index contributed by atoms with van der Waals surface area (Å²) in [5.74, 6) is 1.38. The van der Waals surface area contributed by atoms with Crippen LogP contribution in [0.5, 0.6) is 5.75 Å². The molecule has 1 aliphatic rings. The molecule has 1 aromatic rings. The van der Waals surface area contributed by atoms with Gasteiger partial charge in [0.1, 0.15) is 11.5 Å². The lowest BCUT2D eigenvalue weighted by atomic mass is 9.74. The van der Waals surface area contributed by atoms with Crippen molar-refractivity contribution in [2.45, 2.75) is 25.2 Å². The van der Waals surface area contributed by atoms with Crippen LogP contribution < -0.4 is 0 Å². The maximum Gasteiger partial charge on any atom is 0.133 e. The van der Waals surface area contributed by atoms with Crippen LogP contribution in [0, 0.1) is 5.92 Å². The first-order valence-corrected chi connectivity index (χ1v) is 6.51. The predicted octanol–water partition coefficient (Wildman–Crippen LogP) is 2.41. The summed E-state index contributed by atoms with van der Waals surface area (Å²) in [5.41, 5.74) is 1.09. The number of Topliss-reactive ketones (excluding diaryl/α,β-unsaturated/α-hetero) is 1. The van der Waals surface area contributed by atoms with Crippen molar-refractivity contribution in [2.75, 3.05) is 20.6 Å². The van der Waals surface area contributed by atoms with Crippen molar-refractivity contribution >= 4 is 5.78 Å².